The average Bonchev–Trinajstić information content (AvgIpc) is 1.82. The Balaban J connectivity index is 3.39. The molecular weight excluding hydrogens is 148 g/mol. The fraction of sp³-hybridized carbons (Fsp3) is 0.750. The molecule has 0 saturated carbocycles. The topological polar surface area (TPSA) is 69.6 Å². The first-order chi connectivity index (χ1) is 4.54. The van der Waals surface area contributed by atoms with E-state index in [0.717, 1.165) is 0 Å². The van der Waals surface area contributed by atoms with Crippen molar-refractivity contribution in [1.29, 1.82) is 0 Å². The molecule has 4 nitrogen and oxygen atoms in total. The molecule has 0 spiro atoms. The Morgan fingerprint density at radius 2 is 2.10 bits per heavy atom. The summed E-state index contributed by atoms with van der Waals surface area (Å²) in [7, 11) is 0. The van der Waals surface area contributed by atoms with Gasteiger partial charge in [-0.2, -0.15) is 0 Å². The number of aliphatic hydroxyl groups excluding tert-OH is 1. The normalized spacial score (nSPS) is 13.2. The fourth-order valence-electron chi connectivity index (χ4n) is 0.281. The summed E-state index contributed by atoms with van der Waals surface area (Å²) in [5.41, 5.74) is 0. The van der Waals surface area contributed by atoms with E-state index in [1.54, 1.807) is 5.32 Å². The summed E-state index contributed by atoms with van der Waals surface area (Å²) in [6, 6.07) is 0. The van der Waals surface area contributed by atoms with Crippen LogP contribution < -0.4 is 5.32 Å². The summed E-state index contributed by atoms with van der Waals surface area (Å²) in [4.78, 5) is 9.66. The molecule has 60 valence electrons. The van der Waals surface area contributed by atoms with Gasteiger partial charge in [-0.15, -0.1) is 0 Å². The molecular formula is C4H7F2NO3. The van der Waals surface area contributed by atoms with Crippen molar-refractivity contribution in [2.75, 3.05) is 6.54 Å². The molecule has 0 bridgehead atoms. The second kappa shape index (κ2) is 3.99. The molecule has 0 aliphatic carbocycles. The molecule has 6 heteroatoms. The molecule has 0 aliphatic heterocycles. The van der Waals surface area contributed by atoms with Crippen molar-refractivity contribution < 1.29 is 23.8 Å². The summed E-state index contributed by atoms with van der Waals surface area (Å²) >= 11 is 0. The highest BCUT2D eigenvalue weighted by atomic mass is 19.3. The van der Waals surface area contributed by atoms with Crippen LogP contribution in [0.15, 0.2) is 0 Å². The van der Waals surface area contributed by atoms with E-state index < -0.39 is 25.2 Å². The van der Waals surface area contributed by atoms with E-state index in [1.165, 1.54) is 0 Å². The standard InChI is InChI=1S/C4H7F2NO3/c5-3(6)2(8)1-7-4(9)10/h2-3,7-8H,1H2,(H,9,10). The van der Waals surface area contributed by atoms with Crippen LogP contribution in [-0.4, -0.2) is 35.4 Å². The Morgan fingerprint density at radius 3 is 2.40 bits per heavy atom. The Kier molecular flexibility index (Phi) is 3.63. The molecule has 0 aromatic heterocycles. The van der Waals surface area contributed by atoms with Gasteiger partial charge < -0.3 is 15.5 Å². The predicted molar refractivity (Wildman–Crippen MR) is 28.0 cm³/mol. The van der Waals surface area contributed by atoms with Crippen LogP contribution in [0.5, 0.6) is 0 Å². The van der Waals surface area contributed by atoms with Gasteiger partial charge in [0.2, 0.25) is 0 Å². The molecule has 3 N–H and O–H groups in total. The van der Waals surface area contributed by atoms with E-state index in [-0.39, 0.29) is 0 Å². The van der Waals surface area contributed by atoms with Crippen LogP contribution in [0.3, 0.4) is 0 Å². The van der Waals surface area contributed by atoms with E-state index in [1.807, 2.05) is 0 Å². The Labute approximate surface area is 55.5 Å². The van der Waals surface area contributed by atoms with Crippen molar-refractivity contribution >= 4 is 6.09 Å². The molecule has 1 unspecified atom stereocenters. The molecule has 1 amide bonds. The van der Waals surface area contributed by atoms with Crippen molar-refractivity contribution in [1.82, 2.24) is 5.32 Å². The number of halogens is 2. The van der Waals surface area contributed by atoms with Crippen molar-refractivity contribution in [2.45, 2.75) is 12.5 Å². The molecule has 0 heterocycles. The Morgan fingerprint density at radius 1 is 1.60 bits per heavy atom. The number of hydrogen-bond donors (Lipinski definition) is 3. The summed E-state index contributed by atoms with van der Waals surface area (Å²) in [5, 5.41) is 17.8. The van der Waals surface area contributed by atoms with Crippen LogP contribution >= 0.6 is 0 Å². The quantitative estimate of drug-likeness (QED) is 0.532. The van der Waals surface area contributed by atoms with Gasteiger partial charge in [-0.05, 0) is 0 Å². The van der Waals surface area contributed by atoms with Crippen molar-refractivity contribution in [2.24, 2.45) is 0 Å². The number of carboxylic acid groups (broad SMARTS) is 1. The third-order valence-corrected chi connectivity index (χ3v) is 0.753. The first kappa shape index (κ1) is 9.09. The van der Waals surface area contributed by atoms with Crippen LogP contribution in [0.2, 0.25) is 0 Å². The van der Waals surface area contributed by atoms with Crippen LogP contribution in [0.4, 0.5) is 13.6 Å². The minimum atomic E-state index is -2.91. The van der Waals surface area contributed by atoms with Crippen LogP contribution in [-0.2, 0) is 0 Å². The van der Waals surface area contributed by atoms with Crippen molar-refractivity contribution in [3.8, 4) is 0 Å². The van der Waals surface area contributed by atoms with Gasteiger partial charge in [0.15, 0.2) is 0 Å². The lowest BCUT2D eigenvalue weighted by Gasteiger charge is -2.07. The maximum absolute atomic E-state index is 11.4. The number of carbonyl (C=O) groups is 1. The van der Waals surface area contributed by atoms with Gasteiger partial charge in [0, 0.05) is 0 Å². The molecule has 0 aromatic carbocycles. The van der Waals surface area contributed by atoms with Gasteiger partial charge in [-0.25, -0.2) is 13.6 Å². The zero-order valence-electron chi connectivity index (χ0n) is 4.92. The monoisotopic (exact) mass is 155 g/mol. The zero-order valence-corrected chi connectivity index (χ0v) is 4.92. The molecule has 1 atom stereocenters. The summed E-state index contributed by atoms with van der Waals surface area (Å²) < 4.78 is 22.8. The molecule has 0 rings (SSSR count). The average molecular weight is 155 g/mol. The molecule has 0 fully saturated rings. The van der Waals surface area contributed by atoms with E-state index in [2.05, 4.69) is 0 Å². The highest BCUT2D eigenvalue weighted by molar-refractivity contribution is 5.64. The number of aliphatic hydroxyl groups is 1. The minimum absolute atomic E-state index is 0.646. The Bertz CT molecular complexity index is 119. The number of alkyl halides is 2. The van der Waals surface area contributed by atoms with Crippen LogP contribution in [0.1, 0.15) is 0 Å². The molecule has 0 radical (unpaired) electrons. The SMILES string of the molecule is O=C(O)NCC(O)C(F)F. The van der Waals surface area contributed by atoms with E-state index in [4.69, 9.17) is 10.2 Å². The molecule has 10 heavy (non-hydrogen) atoms. The smallest absolute Gasteiger partial charge is 0.404 e. The molecule has 0 saturated heterocycles. The lowest BCUT2D eigenvalue weighted by atomic mass is 10.4. The zero-order chi connectivity index (χ0) is 8.15. The van der Waals surface area contributed by atoms with Gasteiger partial charge in [0.05, 0.1) is 6.54 Å². The van der Waals surface area contributed by atoms with Gasteiger partial charge in [-0.3, -0.25) is 0 Å². The number of rotatable bonds is 3. The van der Waals surface area contributed by atoms with E-state index in [0.29, 0.717) is 0 Å². The number of nitrogens with one attached hydrogen (secondary N) is 1. The van der Waals surface area contributed by atoms with Crippen molar-refractivity contribution in [3.05, 3.63) is 0 Å². The van der Waals surface area contributed by atoms with E-state index in [9.17, 15) is 13.6 Å². The lowest BCUT2D eigenvalue weighted by Crippen LogP contribution is -2.34. The minimum Gasteiger partial charge on any atom is -0.465 e. The van der Waals surface area contributed by atoms with Gasteiger partial charge >= 0.3 is 6.09 Å². The molecule has 0 aromatic rings. The largest absolute Gasteiger partial charge is 0.465 e. The number of hydrogen-bond acceptors (Lipinski definition) is 2. The van der Waals surface area contributed by atoms with Gasteiger partial charge in [-0.1, -0.05) is 0 Å². The van der Waals surface area contributed by atoms with E-state index >= 15 is 0 Å². The van der Waals surface area contributed by atoms with Gasteiger partial charge in [0.1, 0.15) is 6.10 Å². The summed E-state index contributed by atoms with van der Waals surface area (Å²) in [6.07, 6.45) is -6.26. The number of amides is 1. The fourth-order valence-corrected chi connectivity index (χ4v) is 0.281. The molecule has 0 aliphatic rings. The van der Waals surface area contributed by atoms with Crippen molar-refractivity contribution in [3.63, 3.8) is 0 Å². The predicted octanol–water partition coefficient (Wildman–Crippen LogP) is -0.120. The lowest BCUT2D eigenvalue weighted by molar-refractivity contribution is -0.00258. The first-order valence-corrected chi connectivity index (χ1v) is 2.47. The Hall–Kier alpha value is -0.910. The highest BCUT2D eigenvalue weighted by Gasteiger charge is 2.16. The van der Waals surface area contributed by atoms with Crippen LogP contribution in [0.25, 0.3) is 0 Å². The summed E-state index contributed by atoms with van der Waals surface area (Å²) in [5.74, 6) is 0. The second-order valence-corrected chi connectivity index (χ2v) is 1.59. The maximum atomic E-state index is 11.4. The third kappa shape index (κ3) is 4.02. The maximum Gasteiger partial charge on any atom is 0.404 e. The highest BCUT2D eigenvalue weighted by Crippen LogP contribution is 1.97. The second-order valence-electron chi connectivity index (χ2n) is 1.59. The third-order valence-electron chi connectivity index (χ3n) is 0.753. The first-order valence-electron chi connectivity index (χ1n) is 2.47. The van der Waals surface area contributed by atoms with Gasteiger partial charge in [0.25, 0.3) is 6.43 Å². The van der Waals surface area contributed by atoms with Crippen LogP contribution in [0, 0.1) is 0 Å². The summed E-state index contributed by atoms with van der Waals surface area (Å²) in [6.45, 7) is -0.646.